The quantitative estimate of drug-likeness (QED) is 0.391. The number of ketones is 1. The minimum atomic E-state index is -4.81. The van der Waals surface area contributed by atoms with Crippen LogP contribution in [0.3, 0.4) is 0 Å². The molecular formula is C24H20F5N3O4S. The number of carbonyl (C=O) groups excluding carboxylic acids is 1. The molecule has 0 saturated carbocycles. The van der Waals surface area contributed by atoms with Crippen LogP contribution in [-0.2, 0) is 21.2 Å². The molecule has 1 aromatic heterocycles. The highest BCUT2D eigenvalue weighted by molar-refractivity contribution is 7.89. The number of ether oxygens (including phenoxy) is 1. The number of alkyl halides is 4. The summed E-state index contributed by atoms with van der Waals surface area (Å²) >= 11 is 0. The maximum atomic E-state index is 14.2. The van der Waals surface area contributed by atoms with Crippen LogP contribution >= 0.6 is 0 Å². The van der Waals surface area contributed by atoms with E-state index in [4.69, 9.17) is 0 Å². The molecule has 0 radical (unpaired) electrons. The smallest absolute Gasteiger partial charge is 0.406 e. The van der Waals surface area contributed by atoms with E-state index in [9.17, 15) is 35.2 Å². The summed E-state index contributed by atoms with van der Waals surface area (Å²) in [5.41, 5.74) is 1.30. The molecule has 4 rings (SSSR count). The van der Waals surface area contributed by atoms with Crippen LogP contribution in [0.1, 0.15) is 18.5 Å². The van der Waals surface area contributed by atoms with E-state index in [1.807, 2.05) is 0 Å². The molecular weight excluding hydrogens is 521 g/mol. The molecule has 2 atom stereocenters. The van der Waals surface area contributed by atoms with Crippen molar-refractivity contribution in [1.29, 1.82) is 0 Å². The normalized spacial score (nSPS) is 18.6. The van der Waals surface area contributed by atoms with Crippen molar-refractivity contribution in [2.45, 2.75) is 42.7 Å². The van der Waals surface area contributed by atoms with Gasteiger partial charge in [0, 0.05) is 30.6 Å². The second-order valence-corrected chi connectivity index (χ2v) is 10.2. The summed E-state index contributed by atoms with van der Waals surface area (Å²) in [6.45, 7) is -0.484. The lowest BCUT2D eigenvalue weighted by molar-refractivity contribution is -0.274. The summed E-state index contributed by atoms with van der Waals surface area (Å²) in [6.07, 6.45) is -5.44. The van der Waals surface area contributed by atoms with Gasteiger partial charge in [-0.1, -0.05) is 0 Å². The van der Waals surface area contributed by atoms with E-state index in [1.165, 1.54) is 18.5 Å². The maximum Gasteiger partial charge on any atom is 0.573 e. The monoisotopic (exact) mass is 541 g/mol. The number of aromatic nitrogens is 2. The number of nitrogens with zero attached hydrogens (tertiary/aromatic N) is 3. The predicted octanol–water partition coefficient (Wildman–Crippen LogP) is 4.48. The lowest BCUT2D eigenvalue weighted by Gasteiger charge is -2.22. The van der Waals surface area contributed by atoms with Gasteiger partial charge in [-0.25, -0.2) is 27.2 Å². The minimum absolute atomic E-state index is 0.0987. The van der Waals surface area contributed by atoms with Crippen molar-refractivity contribution in [3.8, 4) is 17.0 Å². The number of halogens is 5. The van der Waals surface area contributed by atoms with Crippen LogP contribution in [0.5, 0.6) is 5.75 Å². The third-order valence-corrected chi connectivity index (χ3v) is 7.62. The molecule has 0 spiro atoms. The van der Waals surface area contributed by atoms with Crippen molar-refractivity contribution in [3.63, 3.8) is 0 Å². The first-order valence-corrected chi connectivity index (χ1v) is 12.5. The Balaban J connectivity index is 1.44. The second kappa shape index (κ2) is 10.5. The Kier molecular flexibility index (Phi) is 7.55. The van der Waals surface area contributed by atoms with Crippen molar-refractivity contribution >= 4 is 15.8 Å². The first-order chi connectivity index (χ1) is 17.4. The fraction of sp³-hybridized carbons (Fsp3) is 0.292. The highest BCUT2D eigenvalue weighted by Crippen LogP contribution is 2.30. The lowest BCUT2D eigenvalue weighted by Crippen LogP contribution is -2.40. The molecule has 3 aromatic rings. The molecule has 1 saturated heterocycles. The summed E-state index contributed by atoms with van der Waals surface area (Å²) in [6, 6.07) is 9.43. The topological polar surface area (TPSA) is 89.5 Å². The van der Waals surface area contributed by atoms with Gasteiger partial charge < -0.3 is 4.74 Å². The number of hydrogen-bond donors (Lipinski definition) is 0. The van der Waals surface area contributed by atoms with Gasteiger partial charge in [0.2, 0.25) is 10.0 Å². The first-order valence-electron chi connectivity index (χ1n) is 11.0. The third-order valence-electron chi connectivity index (χ3n) is 5.73. The molecule has 1 aliphatic rings. The summed E-state index contributed by atoms with van der Waals surface area (Å²) in [7, 11) is -4.22. The van der Waals surface area contributed by atoms with Gasteiger partial charge in [-0.05, 0) is 61.0 Å². The Morgan fingerprint density at radius 3 is 2.38 bits per heavy atom. The van der Waals surface area contributed by atoms with Crippen LogP contribution in [0, 0.1) is 5.82 Å². The first kappa shape index (κ1) is 26.6. The van der Waals surface area contributed by atoms with Crippen LogP contribution in [0.25, 0.3) is 11.3 Å². The fourth-order valence-electron chi connectivity index (χ4n) is 3.99. The van der Waals surface area contributed by atoms with Crippen LogP contribution < -0.4 is 4.74 Å². The Hall–Kier alpha value is -3.45. The molecule has 2 aromatic carbocycles. The van der Waals surface area contributed by atoms with Crippen LogP contribution in [0.15, 0.2) is 65.8 Å². The molecule has 0 aliphatic carbocycles. The number of rotatable bonds is 8. The van der Waals surface area contributed by atoms with E-state index in [0.29, 0.717) is 17.0 Å². The van der Waals surface area contributed by atoms with E-state index in [-0.39, 0.29) is 29.9 Å². The molecule has 13 heteroatoms. The SMILES string of the molecule is O=C(CCc1cc(-c2ccc(OC(F)(F)F)cc2)ncn1)[C@@H]1C[C@@H](F)CN1S(=O)(=O)c1ccc(F)cc1. The van der Waals surface area contributed by atoms with Crippen LogP contribution in [-0.4, -0.2) is 53.6 Å². The third kappa shape index (κ3) is 6.46. The van der Waals surface area contributed by atoms with Gasteiger partial charge in [-0.3, -0.25) is 4.79 Å². The van der Waals surface area contributed by atoms with Crippen molar-refractivity contribution in [2.24, 2.45) is 0 Å². The lowest BCUT2D eigenvalue weighted by atomic mass is 10.0. The molecule has 0 bridgehead atoms. The van der Waals surface area contributed by atoms with Gasteiger partial charge in [0.25, 0.3) is 0 Å². The maximum absolute atomic E-state index is 14.2. The standard InChI is InChI=1S/C24H20F5N3O4S/c25-16-3-8-20(9-4-16)37(34,35)32-13-17(26)11-22(32)23(33)10-5-18-12-21(31-14-30-18)15-1-6-19(7-2-15)36-24(27,28)29/h1-4,6-9,12,14,17,22H,5,10-11,13H2/t17-,22+/m1/s1. The average Bonchev–Trinajstić information content (AvgIpc) is 3.25. The fourth-order valence-corrected chi connectivity index (χ4v) is 5.64. The van der Waals surface area contributed by atoms with Gasteiger partial charge in [0.1, 0.15) is 24.1 Å². The van der Waals surface area contributed by atoms with Gasteiger partial charge in [0.15, 0.2) is 5.78 Å². The summed E-state index contributed by atoms with van der Waals surface area (Å²) < 4.78 is 95.1. The highest BCUT2D eigenvalue weighted by Gasteiger charge is 2.43. The van der Waals surface area contributed by atoms with Gasteiger partial charge >= 0.3 is 6.36 Å². The van der Waals surface area contributed by atoms with Crippen molar-refractivity contribution in [2.75, 3.05) is 6.54 Å². The number of aryl methyl sites for hydroxylation is 1. The predicted molar refractivity (Wildman–Crippen MR) is 121 cm³/mol. The largest absolute Gasteiger partial charge is 0.573 e. The van der Waals surface area contributed by atoms with E-state index >= 15 is 0 Å². The van der Waals surface area contributed by atoms with Crippen LogP contribution in [0.2, 0.25) is 0 Å². The number of sulfonamides is 1. The Labute approximate surface area is 209 Å². The minimum Gasteiger partial charge on any atom is -0.406 e. The van der Waals surface area contributed by atoms with E-state index in [1.54, 1.807) is 6.07 Å². The molecule has 1 fully saturated rings. The molecule has 0 N–H and O–H groups in total. The summed E-state index contributed by atoms with van der Waals surface area (Å²) in [4.78, 5) is 20.9. The number of carbonyl (C=O) groups is 1. The molecule has 2 heterocycles. The zero-order chi connectivity index (χ0) is 26.8. The molecule has 37 heavy (non-hydrogen) atoms. The van der Waals surface area contributed by atoms with Crippen molar-refractivity contribution < 1.29 is 39.9 Å². The second-order valence-electron chi connectivity index (χ2n) is 8.31. The number of hydrogen-bond acceptors (Lipinski definition) is 6. The summed E-state index contributed by atoms with van der Waals surface area (Å²) in [5, 5.41) is 0. The number of Topliss-reactive ketones (excluding diaryl/α,β-unsaturated/α-hetero) is 1. The van der Waals surface area contributed by atoms with Crippen molar-refractivity contribution in [3.05, 3.63) is 72.4 Å². The van der Waals surface area contributed by atoms with Crippen LogP contribution in [0.4, 0.5) is 22.0 Å². The molecule has 1 aliphatic heterocycles. The van der Waals surface area contributed by atoms with Gasteiger partial charge in [-0.2, -0.15) is 4.31 Å². The van der Waals surface area contributed by atoms with E-state index < -0.39 is 46.7 Å². The number of benzene rings is 2. The van der Waals surface area contributed by atoms with E-state index in [0.717, 1.165) is 40.7 Å². The zero-order valence-electron chi connectivity index (χ0n) is 19.0. The molecule has 7 nitrogen and oxygen atoms in total. The van der Waals surface area contributed by atoms with Gasteiger partial charge in [0.05, 0.1) is 16.6 Å². The van der Waals surface area contributed by atoms with Gasteiger partial charge in [-0.15, -0.1) is 13.2 Å². The highest BCUT2D eigenvalue weighted by atomic mass is 32.2. The molecule has 0 unspecified atom stereocenters. The van der Waals surface area contributed by atoms with E-state index in [2.05, 4.69) is 14.7 Å². The summed E-state index contributed by atoms with van der Waals surface area (Å²) in [5.74, 6) is -1.52. The Bertz CT molecular complexity index is 1370. The Morgan fingerprint density at radius 2 is 1.73 bits per heavy atom. The average molecular weight is 541 g/mol. The molecule has 0 amide bonds. The molecule has 196 valence electrons. The Morgan fingerprint density at radius 1 is 1.05 bits per heavy atom. The van der Waals surface area contributed by atoms with Crippen molar-refractivity contribution in [1.82, 2.24) is 14.3 Å². The zero-order valence-corrected chi connectivity index (χ0v) is 19.8.